The fourth-order valence-electron chi connectivity index (χ4n) is 2.84. The molecule has 0 saturated carbocycles. The highest BCUT2D eigenvalue weighted by atomic mass is 35.5. The summed E-state index contributed by atoms with van der Waals surface area (Å²) in [4.78, 5) is 26.9. The van der Waals surface area contributed by atoms with E-state index in [0.717, 1.165) is 0 Å². The number of rotatable bonds is 10. The Hall–Kier alpha value is -2.12. The summed E-state index contributed by atoms with van der Waals surface area (Å²) in [5.41, 5.74) is 0.645. The maximum Gasteiger partial charge on any atom is 0.242 e. The summed E-state index contributed by atoms with van der Waals surface area (Å²) < 4.78 is 28.2. The predicted molar refractivity (Wildman–Crippen MR) is 122 cm³/mol. The second kappa shape index (κ2) is 12.1. The summed E-state index contributed by atoms with van der Waals surface area (Å²) in [6.07, 6.45) is 0. The first kappa shape index (κ1) is 25.1. The van der Waals surface area contributed by atoms with E-state index >= 15 is 0 Å². The lowest BCUT2D eigenvalue weighted by atomic mass is 10.1. The highest BCUT2D eigenvalue weighted by Gasteiger charge is 2.27. The number of hydrogen-bond donors (Lipinski definition) is 1. The Labute approximate surface area is 191 Å². The van der Waals surface area contributed by atoms with E-state index in [2.05, 4.69) is 5.32 Å². The summed E-state index contributed by atoms with van der Waals surface area (Å²) in [7, 11) is 0. The number of thioether (sulfide) groups is 1. The number of amides is 2. The SMILES string of the molecule is CC(C)CNC(=O)C(C)N(Cc1ccccc1F)C(=O)CSCc1c(F)cccc1Cl. The van der Waals surface area contributed by atoms with Crippen LogP contribution in [0.5, 0.6) is 0 Å². The molecule has 2 aromatic carbocycles. The molecule has 0 aliphatic carbocycles. The summed E-state index contributed by atoms with van der Waals surface area (Å²) in [5.74, 6) is -1.06. The van der Waals surface area contributed by atoms with Gasteiger partial charge in [-0.2, -0.15) is 0 Å². The molecule has 2 rings (SSSR count). The van der Waals surface area contributed by atoms with Crippen LogP contribution < -0.4 is 5.32 Å². The molecule has 0 aliphatic rings. The van der Waals surface area contributed by atoms with Gasteiger partial charge in [-0.25, -0.2) is 8.78 Å². The fourth-order valence-corrected chi connectivity index (χ4v) is 4.09. The quantitative estimate of drug-likeness (QED) is 0.531. The zero-order valence-electron chi connectivity index (χ0n) is 17.8. The Bertz CT molecular complexity index is 891. The second-order valence-electron chi connectivity index (χ2n) is 7.62. The van der Waals surface area contributed by atoms with Gasteiger partial charge in [0.15, 0.2) is 0 Å². The van der Waals surface area contributed by atoms with Crippen LogP contribution in [0.1, 0.15) is 31.9 Å². The smallest absolute Gasteiger partial charge is 0.242 e. The largest absolute Gasteiger partial charge is 0.354 e. The van der Waals surface area contributed by atoms with Gasteiger partial charge in [0.05, 0.1) is 5.75 Å². The molecule has 2 amide bonds. The Kier molecular flexibility index (Phi) is 9.78. The maximum atomic E-state index is 14.2. The first-order valence-electron chi connectivity index (χ1n) is 10.0. The Morgan fingerprint density at radius 1 is 1.06 bits per heavy atom. The van der Waals surface area contributed by atoms with E-state index in [4.69, 9.17) is 11.6 Å². The van der Waals surface area contributed by atoms with Crippen LogP contribution >= 0.6 is 23.4 Å². The zero-order valence-corrected chi connectivity index (χ0v) is 19.4. The van der Waals surface area contributed by atoms with E-state index in [1.165, 1.54) is 34.9 Å². The van der Waals surface area contributed by atoms with Crippen LogP contribution in [-0.2, 0) is 21.9 Å². The van der Waals surface area contributed by atoms with Crippen LogP contribution in [0, 0.1) is 17.6 Å². The molecule has 0 fully saturated rings. The van der Waals surface area contributed by atoms with Gasteiger partial charge in [-0.15, -0.1) is 11.8 Å². The van der Waals surface area contributed by atoms with Crippen LogP contribution in [-0.4, -0.2) is 35.1 Å². The number of carbonyl (C=O) groups excluding carboxylic acids is 2. The van der Waals surface area contributed by atoms with E-state index < -0.39 is 17.7 Å². The van der Waals surface area contributed by atoms with Crippen molar-refractivity contribution in [3.05, 3.63) is 70.2 Å². The van der Waals surface area contributed by atoms with Gasteiger partial charge in [0.1, 0.15) is 17.7 Å². The summed E-state index contributed by atoms with van der Waals surface area (Å²) in [6.45, 7) is 6.00. The minimum atomic E-state index is -0.788. The normalized spacial score (nSPS) is 12.0. The molecule has 0 saturated heterocycles. The highest BCUT2D eigenvalue weighted by molar-refractivity contribution is 7.99. The van der Waals surface area contributed by atoms with Crippen LogP contribution in [0.2, 0.25) is 5.02 Å². The molecule has 0 bridgehead atoms. The number of nitrogens with zero attached hydrogens (tertiary/aromatic N) is 1. The maximum absolute atomic E-state index is 14.2. The molecule has 1 unspecified atom stereocenters. The average Bonchev–Trinajstić information content (AvgIpc) is 2.72. The van der Waals surface area contributed by atoms with Gasteiger partial charge in [0.2, 0.25) is 11.8 Å². The number of carbonyl (C=O) groups is 2. The van der Waals surface area contributed by atoms with Crippen molar-refractivity contribution in [2.24, 2.45) is 5.92 Å². The standard InChI is InChI=1S/C23H27ClF2N2O2S/c1-15(2)11-27-23(30)16(3)28(12-17-7-4-5-9-20(17)25)22(29)14-31-13-18-19(24)8-6-10-21(18)26/h4-10,15-16H,11-14H2,1-3H3,(H,27,30). The molecule has 31 heavy (non-hydrogen) atoms. The average molecular weight is 469 g/mol. The Balaban J connectivity index is 2.11. The number of nitrogens with one attached hydrogen (secondary N) is 1. The molecule has 0 aromatic heterocycles. The number of halogens is 3. The molecule has 168 valence electrons. The third-order valence-electron chi connectivity index (χ3n) is 4.68. The lowest BCUT2D eigenvalue weighted by molar-refractivity contribution is -0.138. The molecule has 1 atom stereocenters. The first-order chi connectivity index (χ1) is 14.7. The number of hydrogen-bond acceptors (Lipinski definition) is 3. The molecular formula is C23H27ClF2N2O2S. The lowest BCUT2D eigenvalue weighted by Gasteiger charge is -2.29. The first-order valence-corrected chi connectivity index (χ1v) is 11.5. The molecule has 0 heterocycles. The van der Waals surface area contributed by atoms with Gasteiger partial charge in [-0.05, 0) is 31.0 Å². The third-order valence-corrected chi connectivity index (χ3v) is 5.98. The number of benzene rings is 2. The van der Waals surface area contributed by atoms with E-state index in [0.29, 0.717) is 22.7 Å². The van der Waals surface area contributed by atoms with Gasteiger partial charge in [0.25, 0.3) is 0 Å². The van der Waals surface area contributed by atoms with Crippen molar-refractivity contribution in [2.75, 3.05) is 12.3 Å². The van der Waals surface area contributed by atoms with Gasteiger partial charge < -0.3 is 10.2 Å². The second-order valence-corrected chi connectivity index (χ2v) is 9.01. The highest BCUT2D eigenvalue weighted by Crippen LogP contribution is 2.24. The predicted octanol–water partition coefficient (Wildman–Crippen LogP) is 5.04. The summed E-state index contributed by atoms with van der Waals surface area (Å²) in [6, 6.07) is 9.78. The third kappa shape index (κ3) is 7.51. The monoisotopic (exact) mass is 468 g/mol. The van der Waals surface area contributed by atoms with Crippen LogP contribution in [0.25, 0.3) is 0 Å². The van der Waals surface area contributed by atoms with Gasteiger partial charge in [-0.1, -0.05) is 49.7 Å². The van der Waals surface area contributed by atoms with Crippen LogP contribution in [0.15, 0.2) is 42.5 Å². The van der Waals surface area contributed by atoms with Crippen LogP contribution in [0.3, 0.4) is 0 Å². The van der Waals surface area contributed by atoms with Crippen molar-refractivity contribution in [2.45, 2.75) is 39.1 Å². The summed E-state index contributed by atoms with van der Waals surface area (Å²) in [5, 5.41) is 3.11. The van der Waals surface area contributed by atoms with Gasteiger partial charge in [0, 0.05) is 35.0 Å². The molecule has 4 nitrogen and oxygen atoms in total. The van der Waals surface area contributed by atoms with E-state index in [1.54, 1.807) is 31.2 Å². The molecular weight excluding hydrogens is 442 g/mol. The van der Waals surface area contributed by atoms with Crippen molar-refractivity contribution in [1.29, 1.82) is 0 Å². The van der Waals surface area contributed by atoms with Crippen molar-refractivity contribution in [3.8, 4) is 0 Å². The van der Waals surface area contributed by atoms with Gasteiger partial charge >= 0.3 is 0 Å². The van der Waals surface area contributed by atoms with Crippen molar-refractivity contribution in [3.63, 3.8) is 0 Å². The van der Waals surface area contributed by atoms with E-state index in [-0.39, 0.29) is 35.8 Å². The molecule has 0 spiro atoms. The fraction of sp³-hybridized carbons (Fsp3) is 0.391. The lowest BCUT2D eigenvalue weighted by Crippen LogP contribution is -2.48. The van der Waals surface area contributed by atoms with Gasteiger partial charge in [-0.3, -0.25) is 9.59 Å². The summed E-state index contributed by atoms with van der Waals surface area (Å²) >= 11 is 7.23. The molecule has 0 radical (unpaired) electrons. The van der Waals surface area contributed by atoms with Crippen molar-refractivity contribution in [1.82, 2.24) is 10.2 Å². The molecule has 1 N–H and O–H groups in total. The van der Waals surface area contributed by atoms with E-state index in [1.807, 2.05) is 13.8 Å². The van der Waals surface area contributed by atoms with Crippen molar-refractivity contribution < 1.29 is 18.4 Å². The molecule has 0 aliphatic heterocycles. The van der Waals surface area contributed by atoms with Crippen molar-refractivity contribution >= 4 is 35.2 Å². The molecule has 8 heteroatoms. The van der Waals surface area contributed by atoms with Crippen LogP contribution in [0.4, 0.5) is 8.78 Å². The topological polar surface area (TPSA) is 49.4 Å². The zero-order chi connectivity index (χ0) is 23.0. The molecule has 2 aromatic rings. The van der Waals surface area contributed by atoms with E-state index in [9.17, 15) is 18.4 Å². The Morgan fingerprint density at radius 2 is 1.74 bits per heavy atom. The Morgan fingerprint density at radius 3 is 2.39 bits per heavy atom. The minimum Gasteiger partial charge on any atom is -0.354 e. The minimum absolute atomic E-state index is 0.000909.